The lowest BCUT2D eigenvalue weighted by Gasteiger charge is -2.19. The van der Waals surface area contributed by atoms with Crippen molar-refractivity contribution in [2.24, 2.45) is 5.92 Å². The van der Waals surface area contributed by atoms with E-state index in [4.69, 9.17) is 9.15 Å². The number of amides is 1. The van der Waals surface area contributed by atoms with Crippen LogP contribution in [-0.4, -0.2) is 26.1 Å². The number of fused-ring (bicyclic) bond motifs is 1. The van der Waals surface area contributed by atoms with E-state index >= 15 is 0 Å². The van der Waals surface area contributed by atoms with E-state index in [0.29, 0.717) is 12.1 Å². The third kappa shape index (κ3) is 3.67. The second-order valence-electron chi connectivity index (χ2n) is 6.86. The number of nitrogens with one attached hydrogen (secondary N) is 3. The highest BCUT2D eigenvalue weighted by Gasteiger charge is 2.28. The molecule has 1 amide bonds. The Morgan fingerprint density at radius 2 is 2.04 bits per heavy atom. The lowest BCUT2D eigenvalue weighted by Crippen LogP contribution is -2.32. The van der Waals surface area contributed by atoms with Crippen LogP contribution in [0.1, 0.15) is 27.7 Å². The van der Waals surface area contributed by atoms with E-state index in [1.165, 1.54) is 0 Å². The maximum Gasteiger partial charge on any atom is 0.251 e. The summed E-state index contributed by atoms with van der Waals surface area (Å²) in [6, 6.07) is 15.6. The van der Waals surface area contributed by atoms with Crippen molar-refractivity contribution in [3.05, 3.63) is 65.4 Å². The number of hydrogen-bond donors (Lipinski definition) is 3. The van der Waals surface area contributed by atoms with Crippen molar-refractivity contribution >= 4 is 16.9 Å². The molecule has 6 heteroatoms. The predicted molar refractivity (Wildman–Crippen MR) is 104 cm³/mol. The highest BCUT2D eigenvalue weighted by atomic mass is 16.5. The van der Waals surface area contributed by atoms with Gasteiger partial charge in [0.2, 0.25) is 0 Å². The molecule has 2 heterocycles. The monoisotopic (exact) mass is 365 g/mol. The zero-order valence-electron chi connectivity index (χ0n) is 15.4. The van der Waals surface area contributed by atoms with Gasteiger partial charge in [0.05, 0.1) is 13.2 Å². The molecule has 1 aromatic heterocycles. The molecule has 140 valence electrons. The van der Waals surface area contributed by atoms with Gasteiger partial charge in [0.15, 0.2) is 0 Å². The molecule has 2 unspecified atom stereocenters. The van der Waals surface area contributed by atoms with E-state index in [1.54, 1.807) is 13.2 Å². The Labute approximate surface area is 157 Å². The smallest absolute Gasteiger partial charge is 0.251 e. The van der Waals surface area contributed by atoms with Crippen molar-refractivity contribution in [1.82, 2.24) is 16.2 Å². The van der Waals surface area contributed by atoms with Crippen LogP contribution in [0, 0.1) is 12.8 Å². The van der Waals surface area contributed by atoms with Gasteiger partial charge in [-0.05, 0) is 48.9 Å². The Balaban J connectivity index is 1.42. The molecule has 2 atom stereocenters. The van der Waals surface area contributed by atoms with Crippen LogP contribution >= 0.6 is 0 Å². The minimum absolute atomic E-state index is 0.0730. The lowest BCUT2D eigenvalue weighted by molar-refractivity contribution is 0.0947. The summed E-state index contributed by atoms with van der Waals surface area (Å²) in [6.07, 6.45) is 0. The van der Waals surface area contributed by atoms with E-state index in [2.05, 4.69) is 16.2 Å². The van der Waals surface area contributed by atoms with Crippen molar-refractivity contribution in [2.45, 2.75) is 13.0 Å². The number of ether oxygens (including phenoxy) is 1. The highest BCUT2D eigenvalue weighted by molar-refractivity contribution is 5.97. The normalized spacial score (nSPS) is 19.3. The molecule has 0 bridgehead atoms. The van der Waals surface area contributed by atoms with Crippen molar-refractivity contribution in [3.8, 4) is 5.75 Å². The van der Waals surface area contributed by atoms with Crippen LogP contribution in [0.15, 0.2) is 52.9 Å². The minimum Gasteiger partial charge on any atom is -0.497 e. The number of aryl methyl sites for hydroxylation is 1. The predicted octanol–water partition coefficient (Wildman–Crippen LogP) is 2.94. The standard InChI is InChI=1S/C21H23N3O3/c1-13-9-16-10-15(5-8-19(16)27-13)21(25)22-11-17-12-23-24-20(17)14-3-6-18(26-2)7-4-14/h3-10,17,20,23-24H,11-12H2,1-2H3,(H,22,25). The maximum atomic E-state index is 12.6. The summed E-state index contributed by atoms with van der Waals surface area (Å²) in [4.78, 5) is 12.6. The number of rotatable bonds is 5. The average Bonchev–Trinajstić information content (AvgIpc) is 3.30. The molecule has 3 aromatic rings. The van der Waals surface area contributed by atoms with Gasteiger partial charge in [0.25, 0.3) is 5.91 Å². The van der Waals surface area contributed by atoms with Gasteiger partial charge in [-0.15, -0.1) is 0 Å². The molecule has 0 spiro atoms. The first-order valence-electron chi connectivity index (χ1n) is 9.05. The number of benzene rings is 2. The Morgan fingerprint density at radius 3 is 2.81 bits per heavy atom. The second-order valence-corrected chi connectivity index (χ2v) is 6.86. The molecular formula is C21H23N3O3. The van der Waals surface area contributed by atoms with Crippen LogP contribution in [-0.2, 0) is 0 Å². The first-order chi connectivity index (χ1) is 13.1. The molecule has 0 radical (unpaired) electrons. The number of carbonyl (C=O) groups is 1. The van der Waals surface area contributed by atoms with Crippen LogP contribution in [0.2, 0.25) is 0 Å². The molecule has 0 saturated carbocycles. The van der Waals surface area contributed by atoms with Crippen LogP contribution in [0.25, 0.3) is 11.0 Å². The van der Waals surface area contributed by atoms with E-state index in [0.717, 1.165) is 34.6 Å². The van der Waals surface area contributed by atoms with E-state index in [9.17, 15) is 4.79 Å². The molecule has 1 saturated heterocycles. The molecule has 27 heavy (non-hydrogen) atoms. The van der Waals surface area contributed by atoms with Gasteiger partial charge in [-0.3, -0.25) is 10.2 Å². The van der Waals surface area contributed by atoms with Gasteiger partial charge in [0, 0.05) is 30.0 Å². The van der Waals surface area contributed by atoms with Crippen LogP contribution in [0.5, 0.6) is 5.75 Å². The van der Waals surface area contributed by atoms with E-state index < -0.39 is 0 Å². The van der Waals surface area contributed by atoms with Crippen molar-refractivity contribution in [1.29, 1.82) is 0 Å². The summed E-state index contributed by atoms with van der Waals surface area (Å²) in [5, 5.41) is 4.01. The third-order valence-electron chi connectivity index (χ3n) is 4.99. The van der Waals surface area contributed by atoms with Crippen molar-refractivity contribution in [2.75, 3.05) is 20.2 Å². The van der Waals surface area contributed by atoms with Gasteiger partial charge in [-0.1, -0.05) is 12.1 Å². The van der Waals surface area contributed by atoms with Gasteiger partial charge >= 0.3 is 0 Å². The maximum absolute atomic E-state index is 12.6. The van der Waals surface area contributed by atoms with Gasteiger partial charge in [-0.25, -0.2) is 5.43 Å². The van der Waals surface area contributed by atoms with Crippen molar-refractivity contribution < 1.29 is 13.9 Å². The van der Waals surface area contributed by atoms with E-state index in [-0.39, 0.29) is 17.9 Å². The fourth-order valence-corrected chi connectivity index (χ4v) is 3.54. The molecule has 6 nitrogen and oxygen atoms in total. The summed E-state index contributed by atoms with van der Waals surface area (Å²) in [6.45, 7) is 3.27. The zero-order chi connectivity index (χ0) is 18.8. The molecule has 2 aromatic carbocycles. The lowest BCUT2D eigenvalue weighted by atomic mass is 9.94. The second kappa shape index (κ2) is 7.42. The fraction of sp³-hybridized carbons (Fsp3) is 0.286. The number of methoxy groups -OCH3 is 1. The SMILES string of the molecule is COc1ccc(C2NNCC2CNC(=O)c2ccc3oc(C)cc3c2)cc1. The number of hydrogen-bond acceptors (Lipinski definition) is 5. The van der Waals surface area contributed by atoms with Crippen molar-refractivity contribution in [3.63, 3.8) is 0 Å². The first kappa shape index (κ1) is 17.6. The molecular weight excluding hydrogens is 342 g/mol. The largest absolute Gasteiger partial charge is 0.497 e. The molecule has 4 rings (SSSR count). The number of furan rings is 1. The molecule has 1 aliphatic heterocycles. The van der Waals surface area contributed by atoms with Crippen LogP contribution < -0.4 is 20.9 Å². The first-order valence-corrected chi connectivity index (χ1v) is 9.05. The minimum atomic E-state index is -0.0730. The summed E-state index contributed by atoms with van der Waals surface area (Å²) >= 11 is 0. The highest BCUT2D eigenvalue weighted by Crippen LogP contribution is 2.26. The van der Waals surface area contributed by atoms with E-state index in [1.807, 2.05) is 49.4 Å². The Morgan fingerprint density at radius 1 is 1.22 bits per heavy atom. The van der Waals surface area contributed by atoms with Gasteiger partial charge < -0.3 is 14.5 Å². The summed E-state index contributed by atoms with van der Waals surface area (Å²) in [7, 11) is 1.66. The fourth-order valence-electron chi connectivity index (χ4n) is 3.54. The quantitative estimate of drug-likeness (QED) is 0.648. The molecule has 1 fully saturated rings. The van der Waals surface area contributed by atoms with Crippen LogP contribution in [0.4, 0.5) is 0 Å². The third-order valence-corrected chi connectivity index (χ3v) is 4.99. The van der Waals surface area contributed by atoms with Crippen LogP contribution in [0.3, 0.4) is 0 Å². The Hall–Kier alpha value is -2.83. The molecule has 3 N–H and O–H groups in total. The Kier molecular flexibility index (Phi) is 4.83. The topological polar surface area (TPSA) is 75.5 Å². The molecule has 1 aliphatic rings. The molecule has 0 aliphatic carbocycles. The average molecular weight is 365 g/mol. The Bertz CT molecular complexity index is 949. The zero-order valence-corrected chi connectivity index (χ0v) is 15.4. The summed E-state index contributed by atoms with van der Waals surface area (Å²) < 4.78 is 10.8. The summed E-state index contributed by atoms with van der Waals surface area (Å²) in [5.41, 5.74) is 9.09. The summed E-state index contributed by atoms with van der Waals surface area (Å²) in [5.74, 6) is 1.85. The van der Waals surface area contributed by atoms with Gasteiger partial charge in [0.1, 0.15) is 17.1 Å². The number of carbonyl (C=O) groups excluding carboxylic acids is 1. The number of hydrazine groups is 1. The van der Waals surface area contributed by atoms with Gasteiger partial charge in [-0.2, -0.15) is 0 Å².